The maximum Gasteiger partial charge on any atom is 1.00 e. The van der Waals surface area contributed by atoms with E-state index in [1.165, 1.54) is 6.07 Å². The van der Waals surface area contributed by atoms with Crippen molar-refractivity contribution in [2.45, 2.75) is 0 Å². The van der Waals surface area contributed by atoms with E-state index in [1.807, 2.05) is 0 Å². The molecule has 0 bridgehead atoms. The maximum absolute atomic E-state index is 10.8. The number of carbonyl (C=O) groups excluding carboxylic acids is 1. The summed E-state index contributed by atoms with van der Waals surface area (Å²) in [5.74, 6) is -2.06. The molecule has 0 heterocycles. The molecule has 0 amide bonds. The standard InChI is InChI=1S/C8H9NO5S.Na/c1-15(13,14)9-5-2-3-7(10)6(4-5)8(11)12;/h2-4,9-10H,1H3,(H,11,12);/q;+1/p-1. The van der Waals surface area contributed by atoms with Crippen molar-refractivity contribution >= 4 is 21.7 Å². The number of carboxylic acids is 1. The molecule has 6 nitrogen and oxygen atoms in total. The molecule has 1 rings (SSSR count). The first-order valence-electron chi connectivity index (χ1n) is 3.82. The molecule has 1 aromatic carbocycles. The van der Waals surface area contributed by atoms with E-state index in [2.05, 4.69) is 4.72 Å². The molecule has 0 aliphatic carbocycles. The van der Waals surface area contributed by atoms with E-state index in [4.69, 9.17) is 5.11 Å². The number of carbonyl (C=O) groups is 1. The van der Waals surface area contributed by atoms with E-state index >= 15 is 0 Å². The van der Waals surface area contributed by atoms with E-state index in [0.29, 0.717) is 0 Å². The summed E-state index contributed by atoms with van der Waals surface area (Å²) in [6.07, 6.45) is 0.929. The summed E-state index contributed by atoms with van der Waals surface area (Å²) < 4.78 is 23.7. The van der Waals surface area contributed by atoms with Crippen LogP contribution >= 0.6 is 0 Å². The summed E-state index contributed by atoms with van der Waals surface area (Å²) in [6, 6.07) is 3.28. The van der Waals surface area contributed by atoms with Crippen molar-refractivity contribution in [1.82, 2.24) is 0 Å². The van der Waals surface area contributed by atoms with Gasteiger partial charge < -0.3 is 15.0 Å². The van der Waals surface area contributed by atoms with Gasteiger partial charge in [-0.2, -0.15) is 0 Å². The van der Waals surface area contributed by atoms with Crippen LogP contribution in [0.2, 0.25) is 0 Å². The van der Waals surface area contributed by atoms with Crippen molar-refractivity contribution < 1.29 is 53.0 Å². The van der Waals surface area contributed by atoms with Crippen LogP contribution in [-0.2, 0) is 10.0 Å². The number of benzene rings is 1. The van der Waals surface area contributed by atoms with Gasteiger partial charge >= 0.3 is 29.6 Å². The van der Waals surface area contributed by atoms with Gasteiger partial charge in [-0.15, -0.1) is 0 Å². The van der Waals surface area contributed by atoms with Crippen molar-refractivity contribution in [2.24, 2.45) is 0 Å². The molecule has 0 spiro atoms. The Balaban J connectivity index is 0.00000225. The number of aromatic carboxylic acids is 1. The smallest absolute Gasteiger partial charge is 0.545 e. The fourth-order valence-corrected chi connectivity index (χ4v) is 1.53. The Kier molecular flexibility index (Phi) is 5.27. The number of hydrogen-bond acceptors (Lipinski definition) is 5. The summed E-state index contributed by atoms with van der Waals surface area (Å²) >= 11 is 0. The molecule has 0 aromatic heterocycles. The molecule has 8 heteroatoms. The van der Waals surface area contributed by atoms with Gasteiger partial charge in [-0.25, -0.2) is 8.42 Å². The second kappa shape index (κ2) is 5.53. The van der Waals surface area contributed by atoms with E-state index in [0.717, 1.165) is 18.4 Å². The molecule has 0 fully saturated rings. The van der Waals surface area contributed by atoms with Crippen molar-refractivity contribution in [2.75, 3.05) is 11.0 Å². The van der Waals surface area contributed by atoms with Gasteiger partial charge in [0.1, 0.15) is 5.75 Å². The zero-order chi connectivity index (χ0) is 11.6. The normalized spacial score (nSPS) is 10.3. The van der Waals surface area contributed by atoms with Crippen LogP contribution in [0, 0.1) is 0 Å². The number of aromatic hydroxyl groups is 1. The van der Waals surface area contributed by atoms with E-state index in [9.17, 15) is 18.3 Å². The maximum atomic E-state index is 10.8. The number of hydrogen-bond donors (Lipinski definition) is 2. The average molecular weight is 253 g/mol. The Morgan fingerprint density at radius 1 is 1.44 bits per heavy atom. The molecule has 0 aliphatic rings. The zero-order valence-corrected chi connectivity index (χ0v) is 11.5. The minimum absolute atomic E-state index is 0. The SMILES string of the molecule is CS(=O)(=O)Nc1ccc(O)c(C(=O)[O-])c1.[Na+]. The molecule has 0 unspecified atom stereocenters. The Bertz CT molecular complexity index is 499. The van der Waals surface area contributed by atoms with Crippen LogP contribution in [-0.4, -0.2) is 25.7 Å². The molecular weight excluding hydrogens is 245 g/mol. The van der Waals surface area contributed by atoms with Crippen LogP contribution in [0.5, 0.6) is 5.75 Å². The van der Waals surface area contributed by atoms with Crippen LogP contribution in [0.1, 0.15) is 10.4 Å². The quantitative estimate of drug-likeness (QED) is 0.423. The fraction of sp³-hybridized carbons (Fsp3) is 0.125. The second-order valence-electron chi connectivity index (χ2n) is 2.89. The van der Waals surface area contributed by atoms with Gasteiger partial charge in [0.05, 0.1) is 12.2 Å². The van der Waals surface area contributed by atoms with Crippen LogP contribution in [0.4, 0.5) is 5.69 Å². The van der Waals surface area contributed by atoms with Crippen molar-refractivity contribution in [3.8, 4) is 5.75 Å². The van der Waals surface area contributed by atoms with Crippen LogP contribution in [0.25, 0.3) is 0 Å². The molecule has 0 radical (unpaired) electrons. The molecule has 0 aliphatic heterocycles. The fourth-order valence-electron chi connectivity index (χ4n) is 0.977. The van der Waals surface area contributed by atoms with Gasteiger partial charge in [-0.05, 0) is 18.2 Å². The summed E-state index contributed by atoms with van der Waals surface area (Å²) in [5, 5.41) is 19.6. The summed E-state index contributed by atoms with van der Waals surface area (Å²) in [6.45, 7) is 0. The molecule has 1 aromatic rings. The largest absolute Gasteiger partial charge is 1.00 e. The first-order valence-corrected chi connectivity index (χ1v) is 5.71. The number of phenols is 1. The number of anilines is 1. The predicted octanol–water partition coefficient (Wildman–Crippen LogP) is -3.87. The number of nitrogens with one attached hydrogen (secondary N) is 1. The van der Waals surface area contributed by atoms with Crippen LogP contribution < -0.4 is 39.4 Å². The number of carboxylic acid groups (broad SMARTS) is 1. The summed E-state index contributed by atoms with van der Waals surface area (Å²) in [4.78, 5) is 10.5. The molecule has 2 N–H and O–H groups in total. The minimum atomic E-state index is -3.48. The predicted molar refractivity (Wildman–Crippen MR) is 50.9 cm³/mol. The summed E-state index contributed by atoms with van der Waals surface area (Å²) in [7, 11) is -3.48. The topological polar surface area (TPSA) is 107 Å². The molecule has 0 saturated carbocycles. The first-order chi connectivity index (χ1) is 6.79. The zero-order valence-electron chi connectivity index (χ0n) is 8.72. The Hall–Kier alpha value is -0.760. The van der Waals surface area contributed by atoms with Gasteiger partial charge in [0.25, 0.3) is 0 Å². The van der Waals surface area contributed by atoms with Crippen molar-refractivity contribution in [1.29, 1.82) is 0 Å². The third-order valence-electron chi connectivity index (χ3n) is 1.52. The molecule has 0 atom stereocenters. The second-order valence-corrected chi connectivity index (χ2v) is 4.64. The Morgan fingerprint density at radius 2 is 2.00 bits per heavy atom. The van der Waals surface area contributed by atoms with Gasteiger partial charge in [-0.3, -0.25) is 4.72 Å². The van der Waals surface area contributed by atoms with Gasteiger partial charge in [-0.1, -0.05) is 0 Å². The minimum Gasteiger partial charge on any atom is -0.545 e. The number of sulfonamides is 1. The Morgan fingerprint density at radius 3 is 2.44 bits per heavy atom. The monoisotopic (exact) mass is 253 g/mol. The van der Waals surface area contributed by atoms with Crippen molar-refractivity contribution in [3.05, 3.63) is 23.8 Å². The van der Waals surface area contributed by atoms with Gasteiger partial charge in [0.2, 0.25) is 10.0 Å². The average Bonchev–Trinajstić information content (AvgIpc) is 2.05. The number of rotatable bonds is 3. The third-order valence-corrected chi connectivity index (χ3v) is 2.13. The molecule has 82 valence electrons. The first kappa shape index (κ1) is 15.2. The molecule has 0 saturated heterocycles. The third kappa shape index (κ3) is 4.40. The molecular formula is C8H8NNaO5S. The van der Waals surface area contributed by atoms with Crippen LogP contribution in [0.15, 0.2) is 18.2 Å². The van der Waals surface area contributed by atoms with Crippen molar-refractivity contribution in [3.63, 3.8) is 0 Å². The van der Waals surface area contributed by atoms with E-state index in [1.54, 1.807) is 0 Å². The van der Waals surface area contributed by atoms with Crippen LogP contribution in [0.3, 0.4) is 0 Å². The van der Waals surface area contributed by atoms with Gasteiger partial charge in [0, 0.05) is 11.3 Å². The van der Waals surface area contributed by atoms with E-state index in [-0.39, 0.29) is 35.2 Å². The van der Waals surface area contributed by atoms with E-state index < -0.39 is 27.3 Å². The summed E-state index contributed by atoms with van der Waals surface area (Å²) in [5.41, 5.74) is -0.418. The Labute approximate surface area is 115 Å². The molecule has 16 heavy (non-hydrogen) atoms. The van der Waals surface area contributed by atoms with Gasteiger partial charge in [0.15, 0.2) is 0 Å².